The van der Waals surface area contributed by atoms with Crippen molar-refractivity contribution in [3.63, 3.8) is 0 Å². The van der Waals surface area contributed by atoms with E-state index < -0.39 is 10.0 Å². The van der Waals surface area contributed by atoms with Crippen molar-refractivity contribution < 1.29 is 22.7 Å². The minimum Gasteiger partial charge on any atom is -0.497 e. The Labute approximate surface area is 193 Å². The van der Waals surface area contributed by atoms with Gasteiger partial charge in [0, 0.05) is 37.3 Å². The molecule has 1 aromatic carbocycles. The molecule has 0 unspecified atom stereocenters. The minimum absolute atomic E-state index is 0.0941. The van der Waals surface area contributed by atoms with E-state index in [4.69, 9.17) is 14.5 Å². The third kappa shape index (κ3) is 4.81. The van der Waals surface area contributed by atoms with Crippen molar-refractivity contribution in [2.45, 2.75) is 25.3 Å². The van der Waals surface area contributed by atoms with Crippen molar-refractivity contribution in [2.24, 2.45) is 0 Å². The predicted octanol–water partition coefficient (Wildman–Crippen LogP) is 2.42. The summed E-state index contributed by atoms with van der Waals surface area (Å²) in [5.41, 5.74) is 1.77. The largest absolute Gasteiger partial charge is 0.497 e. The van der Waals surface area contributed by atoms with Gasteiger partial charge in [-0.1, -0.05) is 6.07 Å². The van der Waals surface area contributed by atoms with E-state index in [-0.39, 0.29) is 18.4 Å². The lowest BCUT2D eigenvalue weighted by Crippen LogP contribution is -2.38. The van der Waals surface area contributed by atoms with Gasteiger partial charge in [-0.2, -0.15) is 0 Å². The number of fused-ring (bicyclic) bond motifs is 1. The second-order valence-corrected chi connectivity index (χ2v) is 10.1. The number of aromatic nitrogens is 2. The third-order valence-electron chi connectivity index (χ3n) is 5.94. The molecular formula is C23H28N4O5S. The zero-order valence-corrected chi connectivity index (χ0v) is 19.8. The van der Waals surface area contributed by atoms with Gasteiger partial charge in [0.1, 0.15) is 17.3 Å². The highest BCUT2D eigenvalue weighted by atomic mass is 32.2. The summed E-state index contributed by atoms with van der Waals surface area (Å²) in [5.74, 6) is 1.61. The number of hydrogen-bond donors (Lipinski definition) is 1. The molecule has 33 heavy (non-hydrogen) atoms. The normalized spacial score (nSPS) is 17.1. The van der Waals surface area contributed by atoms with Gasteiger partial charge in [-0.3, -0.25) is 4.79 Å². The summed E-state index contributed by atoms with van der Waals surface area (Å²) in [7, 11) is -0.128. The first-order valence-corrected chi connectivity index (χ1v) is 12.6. The lowest BCUT2D eigenvalue weighted by molar-refractivity contribution is 0.0947. The van der Waals surface area contributed by atoms with E-state index in [1.165, 1.54) is 10.6 Å². The fourth-order valence-electron chi connectivity index (χ4n) is 4.25. The number of nitrogens with one attached hydrogen (secondary N) is 1. The number of rotatable bonds is 7. The number of carbonyl (C=O) groups excluding carboxylic acids is 1. The Bertz CT molecular complexity index is 1270. The molecule has 2 aromatic heterocycles. The van der Waals surface area contributed by atoms with Crippen molar-refractivity contribution in [3.05, 3.63) is 59.7 Å². The second-order valence-electron chi connectivity index (χ2n) is 8.10. The quantitative estimate of drug-likeness (QED) is 0.567. The number of methoxy groups -OCH3 is 2. The molecule has 3 heterocycles. The fourth-order valence-corrected chi connectivity index (χ4v) is 5.16. The van der Waals surface area contributed by atoms with E-state index in [9.17, 15) is 13.2 Å². The van der Waals surface area contributed by atoms with Gasteiger partial charge in [0.15, 0.2) is 5.69 Å². The number of benzene rings is 1. The maximum absolute atomic E-state index is 13.1. The first-order chi connectivity index (χ1) is 15.8. The molecule has 10 heteroatoms. The van der Waals surface area contributed by atoms with Crippen LogP contribution in [0.1, 0.15) is 40.6 Å². The SMILES string of the molecule is COc1ccc(OC)c(CNC(=O)c2nc([C@H]3CCCN(S(C)(=O)=O)C3)n3ccccc23)c1. The van der Waals surface area contributed by atoms with Gasteiger partial charge >= 0.3 is 0 Å². The van der Waals surface area contributed by atoms with Crippen LogP contribution >= 0.6 is 0 Å². The highest BCUT2D eigenvalue weighted by Gasteiger charge is 2.30. The van der Waals surface area contributed by atoms with Crippen LogP contribution in [0.5, 0.6) is 11.5 Å². The van der Waals surface area contributed by atoms with Gasteiger partial charge in [0.05, 0.1) is 26.0 Å². The first-order valence-electron chi connectivity index (χ1n) is 10.7. The van der Waals surface area contributed by atoms with Crippen molar-refractivity contribution >= 4 is 21.4 Å². The molecule has 0 aliphatic carbocycles. The van der Waals surface area contributed by atoms with Crippen LogP contribution in [-0.4, -0.2) is 61.6 Å². The van der Waals surface area contributed by atoms with Crippen molar-refractivity contribution in [3.8, 4) is 11.5 Å². The molecule has 1 aliphatic heterocycles. The number of ether oxygens (including phenoxy) is 2. The van der Waals surface area contributed by atoms with E-state index in [0.717, 1.165) is 18.4 Å². The molecule has 1 amide bonds. The zero-order valence-electron chi connectivity index (χ0n) is 18.9. The van der Waals surface area contributed by atoms with Gasteiger partial charge in [0.25, 0.3) is 5.91 Å². The molecule has 0 radical (unpaired) electrons. The van der Waals surface area contributed by atoms with E-state index in [1.54, 1.807) is 26.4 Å². The monoisotopic (exact) mass is 472 g/mol. The molecule has 0 bridgehead atoms. The lowest BCUT2D eigenvalue weighted by atomic mass is 9.99. The maximum atomic E-state index is 13.1. The van der Waals surface area contributed by atoms with Crippen LogP contribution in [0.3, 0.4) is 0 Å². The average Bonchev–Trinajstić information content (AvgIpc) is 3.22. The first kappa shape index (κ1) is 23.1. The van der Waals surface area contributed by atoms with E-state index in [0.29, 0.717) is 41.6 Å². The third-order valence-corrected chi connectivity index (χ3v) is 7.21. The summed E-state index contributed by atoms with van der Waals surface area (Å²) in [6.45, 7) is 1.11. The lowest BCUT2D eigenvalue weighted by Gasteiger charge is -2.30. The summed E-state index contributed by atoms with van der Waals surface area (Å²) in [5, 5.41) is 2.93. The minimum atomic E-state index is -3.29. The van der Waals surface area contributed by atoms with Crippen molar-refractivity contribution in [2.75, 3.05) is 33.6 Å². The van der Waals surface area contributed by atoms with Gasteiger partial charge < -0.3 is 19.2 Å². The number of carbonyl (C=O) groups is 1. The van der Waals surface area contributed by atoms with Gasteiger partial charge in [-0.15, -0.1) is 0 Å². The summed E-state index contributed by atoms with van der Waals surface area (Å²) in [6, 6.07) is 11.0. The Hall–Kier alpha value is -3.11. The molecule has 4 rings (SSSR count). The molecule has 9 nitrogen and oxygen atoms in total. The summed E-state index contributed by atoms with van der Waals surface area (Å²) in [4.78, 5) is 17.8. The molecule has 0 saturated carbocycles. The Kier molecular flexibility index (Phi) is 6.57. The van der Waals surface area contributed by atoms with E-state index in [2.05, 4.69) is 5.32 Å². The molecular weight excluding hydrogens is 444 g/mol. The number of imidazole rings is 1. The Morgan fingerprint density at radius 3 is 2.76 bits per heavy atom. The van der Waals surface area contributed by atoms with Crippen LogP contribution in [0.15, 0.2) is 42.6 Å². The number of hydrogen-bond acceptors (Lipinski definition) is 6. The Balaban J connectivity index is 1.61. The second kappa shape index (κ2) is 9.40. The van der Waals surface area contributed by atoms with Crippen LogP contribution in [0.4, 0.5) is 0 Å². The molecule has 176 valence electrons. The van der Waals surface area contributed by atoms with Crippen molar-refractivity contribution in [1.29, 1.82) is 0 Å². The van der Waals surface area contributed by atoms with Crippen LogP contribution in [-0.2, 0) is 16.6 Å². The number of piperidine rings is 1. The Morgan fingerprint density at radius 2 is 2.03 bits per heavy atom. The number of sulfonamides is 1. The highest BCUT2D eigenvalue weighted by molar-refractivity contribution is 7.88. The predicted molar refractivity (Wildman–Crippen MR) is 124 cm³/mol. The standard InChI is InChI=1S/C23H28N4O5S/c1-31-18-9-10-20(32-2)17(13-18)14-24-23(28)21-19-8-4-5-12-27(19)22(25-21)16-7-6-11-26(15-16)33(3,29)30/h4-5,8-10,12-13,16H,6-7,11,14-15H2,1-3H3,(H,24,28)/t16-/m0/s1. The van der Waals surface area contributed by atoms with Gasteiger partial charge in [0.2, 0.25) is 10.0 Å². The fraction of sp³-hybridized carbons (Fsp3) is 0.391. The molecule has 1 aliphatic rings. The van der Waals surface area contributed by atoms with Crippen molar-refractivity contribution in [1.82, 2.24) is 19.0 Å². The maximum Gasteiger partial charge on any atom is 0.272 e. The molecule has 1 saturated heterocycles. The summed E-state index contributed by atoms with van der Waals surface area (Å²) in [6.07, 6.45) is 4.64. The Morgan fingerprint density at radius 1 is 1.21 bits per heavy atom. The number of nitrogens with zero attached hydrogens (tertiary/aromatic N) is 3. The number of pyridine rings is 1. The van der Waals surface area contributed by atoms with Gasteiger partial charge in [-0.25, -0.2) is 17.7 Å². The highest BCUT2D eigenvalue weighted by Crippen LogP contribution is 2.29. The van der Waals surface area contributed by atoms with Crippen LogP contribution in [0.25, 0.3) is 5.52 Å². The molecule has 0 spiro atoms. The topological polar surface area (TPSA) is 102 Å². The molecule has 3 aromatic rings. The van der Waals surface area contributed by atoms with Crippen LogP contribution < -0.4 is 14.8 Å². The average molecular weight is 473 g/mol. The number of amides is 1. The zero-order chi connectivity index (χ0) is 23.6. The molecule has 1 fully saturated rings. The van der Waals surface area contributed by atoms with Crippen LogP contribution in [0, 0.1) is 0 Å². The van der Waals surface area contributed by atoms with E-state index in [1.807, 2.05) is 34.9 Å². The van der Waals surface area contributed by atoms with E-state index >= 15 is 0 Å². The summed E-state index contributed by atoms with van der Waals surface area (Å²) < 4.78 is 38.2. The smallest absolute Gasteiger partial charge is 0.272 e. The van der Waals surface area contributed by atoms with Crippen LogP contribution in [0.2, 0.25) is 0 Å². The molecule has 1 N–H and O–H groups in total. The summed E-state index contributed by atoms with van der Waals surface area (Å²) >= 11 is 0. The van der Waals surface area contributed by atoms with Gasteiger partial charge in [-0.05, 0) is 43.2 Å². The molecule has 1 atom stereocenters.